The van der Waals surface area contributed by atoms with E-state index < -0.39 is 0 Å². The van der Waals surface area contributed by atoms with Crippen LogP contribution in [-0.2, 0) is 6.54 Å². The van der Waals surface area contributed by atoms with Crippen molar-refractivity contribution in [1.82, 2.24) is 5.32 Å². The molecule has 0 aromatic heterocycles. The van der Waals surface area contributed by atoms with E-state index in [-0.39, 0.29) is 0 Å². The molecule has 1 saturated carbocycles. The molecular formula is C14H18BrNO2. The van der Waals surface area contributed by atoms with Gasteiger partial charge in [0.05, 0.1) is 0 Å². The largest absolute Gasteiger partial charge is 0.454 e. The predicted molar refractivity (Wildman–Crippen MR) is 73.9 cm³/mol. The molecule has 0 spiro atoms. The Morgan fingerprint density at radius 3 is 2.78 bits per heavy atom. The SMILES string of the molecule is CC(CC1CC1)NCc1cc2c(cc1Br)OCO2. The minimum absolute atomic E-state index is 0.330. The van der Waals surface area contributed by atoms with E-state index in [1.807, 2.05) is 6.07 Å². The maximum absolute atomic E-state index is 5.40. The van der Waals surface area contributed by atoms with Crippen LogP contribution in [0, 0.1) is 5.92 Å². The van der Waals surface area contributed by atoms with Crippen LogP contribution >= 0.6 is 15.9 Å². The molecule has 3 nitrogen and oxygen atoms in total. The molecule has 1 aromatic rings. The first-order valence-electron chi connectivity index (χ1n) is 6.54. The normalized spacial score (nSPS) is 19.0. The van der Waals surface area contributed by atoms with Crippen molar-refractivity contribution in [2.24, 2.45) is 5.92 Å². The number of halogens is 1. The van der Waals surface area contributed by atoms with Crippen LogP contribution in [-0.4, -0.2) is 12.8 Å². The fraction of sp³-hybridized carbons (Fsp3) is 0.571. The van der Waals surface area contributed by atoms with E-state index in [0.29, 0.717) is 12.8 Å². The summed E-state index contributed by atoms with van der Waals surface area (Å²) in [5.41, 5.74) is 1.22. The second-order valence-corrected chi connectivity index (χ2v) is 6.11. The third kappa shape index (κ3) is 2.81. The van der Waals surface area contributed by atoms with Gasteiger partial charge in [0.15, 0.2) is 11.5 Å². The van der Waals surface area contributed by atoms with Gasteiger partial charge in [-0.25, -0.2) is 0 Å². The highest BCUT2D eigenvalue weighted by Gasteiger charge is 2.23. The van der Waals surface area contributed by atoms with Crippen LogP contribution in [0.25, 0.3) is 0 Å². The summed E-state index contributed by atoms with van der Waals surface area (Å²) in [4.78, 5) is 0. The van der Waals surface area contributed by atoms with Crippen molar-refractivity contribution in [1.29, 1.82) is 0 Å². The molecule has 0 bridgehead atoms. The molecule has 3 rings (SSSR count). The van der Waals surface area contributed by atoms with Crippen molar-refractivity contribution < 1.29 is 9.47 Å². The maximum atomic E-state index is 5.40. The first kappa shape index (κ1) is 12.3. The van der Waals surface area contributed by atoms with Crippen LogP contribution < -0.4 is 14.8 Å². The quantitative estimate of drug-likeness (QED) is 0.903. The number of rotatable bonds is 5. The predicted octanol–water partition coefficient (Wildman–Crippen LogP) is 3.46. The van der Waals surface area contributed by atoms with E-state index in [0.717, 1.165) is 28.4 Å². The Kier molecular flexibility index (Phi) is 3.48. The highest BCUT2D eigenvalue weighted by Crippen LogP contribution is 2.37. The van der Waals surface area contributed by atoms with Crippen LogP contribution in [0.1, 0.15) is 31.7 Å². The van der Waals surface area contributed by atoms with E-state index in [1.54, 1.807) is 0 Å². The number of nitrogens with one attached hydrogen (secondary N) is 1. The van der Waals surface area contributed by atoms with Crippen molar-refractivity contribution in [3.63, 3.8) is 0 Å². The van der Waals surface area contributed by atoms with Gasteiger partial charge >= 0.3 is 0 Å². The van der Waals surface area contributed by atoms with Gasteiger partial charge in [-0.3, -0.25) is 0 Å². The molecule has 1 aromatic carbocycles. The standard InChI is InChI=1S/C14H18BrNO2/c1-9(4-10-2-3-10)16-7-11-5-13-14(6-12(11)15)18-8-17-13/h5-6,9-10,16H,2-4,7-8H2,1H3. The minimum Gasteiger partial charge on any atom is -0.454 e. The van der Waals surface area contributed by atoms with Gasteiger partial charge < -0.3 is 14.8 Å². The third-order valence-corrected chi connectivity index (χ3v) is 4.30. The molecule has 1 unspecified atom stereocenters. The summed E-state index contributed by atoms with van der Waals surface area (Å²) in [5, 5.41) is 3.58. The molecule has 4 heteroatoms. The lowest BCUT2D eigenvalue weighted by Gasteiger charge is -2.14. The van der Waals surface area contributed by atoms with Crippen LogP contribution in [0.2, 0.25) is 0 Å². The van der Waals surface area contributed by atoms with E-state index in [4.69, 9.17) is 9.47 Å². The Bertz CT molecular complexity index is 446. The van der Waals surface area contributed by atoms with Gasteiger partial charge in [0.2, 0.25) is 6.79 Å². The van der Waals surface area contributed by atoms with Crippen molar-refractivity contribution in [3.8, 4) is 11.5 Å². The highest BCUT2D eigenvalue weighted by molar-refractivity contribution is 9.10. The molecule has 1 aliphatic carbocycles. The average molecular weight is 312 g/mol. The Morgan fingerprint density at radius 2 is 2.06 bits per heavy atom. The van der Waals surface area contributed by atoms with Gasteiger partial charge in [0.25, 0.3) is 0 Å². The number of ether oxygens (including phenoxy) is 2. The van der Waals surface area contributed by atoms with E-state index in [9.17, 15) is 0 Å². The van der Waals surface area contributed by atoms with Crippen LogP contribution in [0.15, 0.2) is 16.6 Å². The first-order chi connectivity index (χ1) is 8.72. The van der Waals surface area contributed by atoms with Crippen molar-refractivity contribution in [2.75, 3.05) is 6.79 Å². The molecule has 1 heterocycles. The second-order valence-electron chi connectivity index (χ2n) is 5.26. The first-order valence-corrected chi connectivity index (χ1v) is 7.33. The molecule has 1 aliphatic heterocycles. The zero-order chi connectivity index (χ0) is 12.5. The van der Waals surface area contributed by atoms with Crippen molar-refractivity contribution in [2.45, 2.75) is 38.8 Å². The smallest absolute Gasteiger partial charge is 0.231 e. The summed E-state index contributed by atoms with van der Waals surface area (Å²) in [7, 11) is 0. The summed E-state index contributed by atoms with van der Waals surface area (Å²) in [6.07, 6.45) is 4.13. The Labute approximate surface area is 116 Å². The molecule has 1 fully saturated rings. The van der Waals surface area contributed by atoms with Gasteiger partial charge in [-0.15, -0.1) is 0 Å². The summed E-state index contributed by atoms with van der Waals surface area (Å²) < 4.78 is 11.8. The second kappa shape index (κ2) is 5.10. The summed E-state index contributed by atoms with van der Waals surface area (Å²) in [6.45, 7) is 3.46. The lowest BCUT2D eigenvalue weighted by molar-refractivity contribution is 0.174. The lowest BCUT2D eigenvalue weighted by Crippen LogP contribution is -2.26. The molecule has 18 heavy (non-hydrogen) atoms. The molecule has 98 valence electrons. The molecule has 1 atom stereocenters. The number of hydrogen-bond acceptors (Lipinski definition) is 3. The van der Waals surface area contributed by atoms with E-state index >= 15 is 0 Å². The summed E-state index contributed by atoms with van der Waals surface area (Å²) in [6, 6.07) is 4.63. The fourth-order valence-electron chi connectivity index (χ4n) is 2.32. The number of fused-ring (bicyclic) bond motifs is 1. The highest BCUT2D eigenvalue weighted by atomic mass is 79.9. The van der Waals surface area contributed by atoms with Gasteiger partial charge in [-0.1, -0.05) is 28.8 Å². The number of hydrogen-bond donors (Lipinski definition) is 1. The van der Waals surface area contributed by atoms with Crippen LogP contribution in [0.4, 0.5) is 0 Å². The molecule has 1 N–H and O–H groups in total. The van der Waals surface area contributed by atoms with E-state index in [1.165, 1.54) is 24.8 Å². The van der Waals surface area contributed by atoms with Crippen LogP contribution in [0.5, 0.6) is 11.5 Å². The zero-order valence-corrected chi connectivity index (χ0v) is 12.1. The molecule has 2 aliphatic rings. The minimum atomic E-state index is 0.330. The lowest BCUT2D eigenvalue weighted by atomic mass is 10.1. The zero-order valence-electron chi connectivity index (χ0n) is 10.5. The monoisotopic (exact) mass is 311 g/mol. The maximum Gasteiger partial charge on any atom is 0.231 e. The van der Waals surface area contributed by atoms with Gasteiger partial charge in [-0.2, -0.15) is 0 Å². The summed E-state index contributed by atoms with van der Waals surface area (Å²) >= 11 is 3.59. The van der Waals surface area contributed by atoms with Gasteiger partial charge in [-0.05, 0) is 37.0 Å². The summed E-state index contributed by atoms with van der Waals surface area (Å²) in [5.74, 6) is 2.65. The van der Waals surface area contributed by atoms with E-state index in [2.05, 4.69) is 34.2 Å². The molecule has 0 amide bonds. The Balaban J connectivity index is 1.61. The third-order valence-electron chi connectivity index (χ3n) is 3.57. The Hall–Kier alpha value is -0.740. The molecule has 0 saturated heterocycles. The van der Waals surface area contributed by atoms with Crippen LogP contribution in [0.3, 0.4) is 0 Å². The van der Waals surface area contributed by atoms with Gasteiger partial charge in [0, 0.05) is 17.1 Å². The Morgan fingerprint density at radius 1 is 1.33 bits per heavy atom. The van der Waals surface area contributed by atoms with Crippen molar-refractivity contribution >= 4 is 15.9 Å². The topological polar surface area (TPSA) is 30.5 Å². The fourth-order valence-corrected chi connectivity index (χ4v) is 2.78. The number of benzene rings is 1. The molecule has 0 radical (unpaired) electrons. The van der Waals surface area contributed by atoms with Gasteiger partial charge in [0.1, 0.15) is 0 Å². The molecular weight excluding hydrogens is 294 g/mol. The average Bonchev–Trinajstić information content (AvgIpc) is 3.03. The van der Waals surface area contributed by atoms with Crippen molar-refractivity contribution in [3.05, 3.63) is 22.2 Å².